The quantitative estimate of drug-likeness (QED) is 0.873. The van der Waals surface area contributed by atoms with Gasteiger partial charge in [0.2, 0.25) is 5.91 Å². The van der Waals surface area contributed by atoms with Crippen LogP contribution in [0.1, 0.15) is 12.0 Å². The summed E-state index contributed by atoms with van der Waals surface area (Å²) in [7, 11) is 0. The van der Waals surface area contributed by atoms with E-state index in [2.05, 4.69) is 15.5 Å². The Morgan fingerprint density at radius 1 is 1.37 bits per heavy atom. The highest BCUT2D eigenvalue weighted by molar-refractivity contribution is 6.30. The van der Waals surface area contributed by atoms with Crippen molar-refractivity contribution < 1.29 is 4.79 Å². The lowest BCUT2D eigenvalue weighted by Gasteiger charge is -2.18. The molecule has 0 saturated carbocycles. The predicted octanol–water partition coefficient (Wildman–Crippen LogP) is 1.25. The molecule has 1 heterocycles. The van der Waals surface area contributed by atoms with E-state index >= 15 is 0 Å². The predicted molar refractivity (Wildman–Crippen MR) is 77.2 cm³/mol. The number of nitrogens with one attached hydrogen (secondary N) is 2. The summed E-state index contributed by atoms with van der Waals surface area (Å²) in [6.45, 7) is 4.93. The van der Waals surface area contributed by atoms with Gasteiger partial charge in [-0.05, 0) is 37.2 Å². The lowest BCUT2D eigenvalue weighted by atomic mass is 10.2. The van der Waals surface area contributed by atoms with Crippen LogP contribution in [0.15, 0.2) is 24.3 Å². The van der Waals surface area contributed by atoms with E-state index in [4.69, 9.17) is 11.6 Å². The van der Waals surface area contributed by atoms with Gasteiger partial charge in [0, 0.05) is 24.7 Å². The summed E-state index contributed by atoms with van der Waals surface area (Å²) in [6, 6.07) is 7.56. The molecule has 0 unspecified atom stereocenters. The highest BCUT2D eigenvalue weighted by Crippen LogP contribution is 2.10. The molecule has 4 nitrogen and oxygen atoms in total. The lowest BCUT2D eigenvalue weighted by Crippen LogP contribution is -2.38. The Balaban J connectivity index is 1.74. The van der Waals surface area contributed by atoms with Crippen molar-refractivity contribution in [2.45, 2.75) is 13.0 Å². The number of rotatable bonds is 4. The molecule has 104 valence electrons. The van der Waals surface area contributed by atoms with Crippen LogP contribution >= 0.6 is 11.6 Å². The van der Waals surface area contributed by atoms with Gasteiger partial charge in [0.05, 0.1) is 6.54 Å². The molecule has 0 radical (unpaired) electrons. The SMILES string of the molecule is O=C(CN1CCCNCC1)NCc1cccc(Cl)c1. The normalized spacial score (nSPS) is 16.9. The molecule has 1 aromatic carbocycles. The van der Waals surface area contributed by atoms with Gasteiger partial charge in [-0.2, -0.15) is 0 Å². The standard InChI is InChI=1S/C14H20ClN3O/c15-13-4-1-3-12(9-13)10-17-14(19)11-18-7-2-5-16-6-8-18/h1,3-4,9,16H,2,5-8,10-11H2,(H,17,19). The molecule has 1 aromatic rings. The third kappa shape index (κ3) is 5.19. The van der Waals surface area contributed by atoms with E-state index in [0.29, 0.717) is 18.1 Å². The van der Waals surface area contributed by atoms with E-state index in [1.165, 1.54) is 0 Å². The van der Waals surface area contributed by atoms with Crippen LogP contribution in [0.4, 0.5) is 0 Å². The van der Waals surface area contributed by atoms with Crippen molar-refractivity contribution in [2.75, 3.05) is 32.7 Å². The van der Waals surface area contributed by atoms with Crippen molar-refractivity contribution in [2.24, 2.45) is 0 Å². The lowest BCUT2D eigenvalue weighted by molar-refractivity contribution is -0.122. The molecular formula is C14H20ClN3O. The molecule has 1 amide bonds. The molecule has 1 saturated heterocycles. The Labute approximate surface area is 119 Å². The maximum atomic E-state index is 11.9. The Morgan fingerprint density at radius 2 is 2.26 bits per heavy atom. The maximum absolute atomic E-state index is 11.9. The minimum atomic E-state index is 0.0712. The number of hydrogen-bond acceptors (Lipinski definition) is 3. The summed E-state index contributed by atoms with van der Waals surface area (Å²) in [5, 5.41) is 6.96. The molecule has 1 aliphatic rings. The van der Waals surface area contributed by atoms with Crippen molar-refractivity contribution in [1.29, 1.82) is 0 Å². The summed E-state index contributed by atoms with van der Waals surface area (Å²) >= 11 is 5.91. The van der Waals surface area contributed by atoms with Gasteiger partial charge in [0.25, 0.3) is 0 Å². The first-order valence-electron chi connectivity index (χ1n) is 6.68. The van der Waals surface area contributed by atoms with Gasteiger partial charge in [-0.3, -0.25) is 9.69 Å². The Hall–Kier alpha value is -1.10. The first kappa shape index (κ1) is 14.3. The van der Waals surface area contributed by atoms with Gasteiger partial charge in [-0.25, -0.2) is 0 Å². The van der Waals surface area contributed by atoms with E-state index in [-0.39, 0.29) is 5.91 Å². The van der Waals surface area contributed by atoms with Gasteiger partial charge in [-0.1, -0.05) is 23.7 Å². The first-order chi connectivity index (χ1) is 9.24. The zero-order chi connectivity index (χ0) is 13.5. The number of amides is 1. The van der Waals surface area contributed by atoms with Crippen molar-refractivity contribution in [1.82, 2.24) is 15.5 Å². The molecule has 0 spiro atoms. The van der Waals surface area contributed by atoms with Crippen LogP contribution in [0, 0.1) is 0 Å². The van der Waals surface area contributed by atoms with Gasteiger partial charge in [0.1, 0.15) is 0 Å². The summed E-state index contributed by atoms with van der Waals surface area (Å²) in [5.41, 5.74) is 1.03. The zero-order valence-corrected chi connectivity index (χ0v) is 11.7. The third-order valence-electron chi connectivity index (χ3n) is 3.18. The number of carbonyl (C=O) groups is 1. The molecule has 2 N–H and O–H groups in total. The third-order valence-corrected chi connectivity index (χ3v) is 3.41. The molecule has 0 bridgehead atoms. The molecule has 1 fully saturated rings. The number of hydrogen-bond donors (Lipinski definition) is 2. The Morgan fingerprint density at radius 3 is 3.11 bits per heavy atom. The van der Waals surface area contributed by atoms with Crippen molar-refractivity contribution >= 4 is 17.5 Å². The molecule has 1 aliphatic heterocycles. The Kier molecular flexibility index (Phi) is 5.63. The summed E-state index contributed by atoms with van der Waals surface area (Å²) < 4.78 is 0. The van der Waals surface area contributed by atoms with Crippen molar-refractivity contribution in [3.8, 4) is 0 Å². The van der Waals surface area contributed by atoms with Crippen molar-refractivity contribution in [3.63, 3.8) is 0 Å². The number of carbonyl (C=O) groups excluding carboxylic acids is 1. The van der Waals surface area contributed by atoms with E-state index in [1.54, 1.807) is 0 Å². The largest absolute Gasteiger partial charge is 0.351 e. The average Bonchev–Trinajstić information content (AvgIpc) is 2.65. The second-order valence-electron chi connectivity index (χ2n) is 4.79. The second kappa shape index (κ2) is 7.48. The molecule has 0 atom stereocenters. The Bertz CT molecular complexity index is 417. The van der Waals surface area contributed by atoms with E-state index in [9.17, 15) is 4.79 Å². The topological polar surface area (TPSA) is 44.4 Å². The minimum absolute atomic E-state index is 0.0712. The highest BCUT2D eigenvalue weighted by atomic mass is 35.5. The van der Waals surface area contributed by atoms with Crippen LogP contribution in [0.5, 0.6) is 0 Å². The second-order valence-corrected chi connectivity index (χ2v) is 5.22. The van der Waals surface area contributed by atoms with E-state index < -0.39 is 0 Å². The van der Waals surface area contributed by atoms with Crippen LogP contribution < -0.4 is 10.6 Å². The van der Waals surface area contributed by atoms with Crippen molar-refractivity contribution in [3.05, 3.63) is 34.9 Å². The number of benzene rings is 1. The van der Waals surface area contributed by atoms with Gasteiger partial charge in [0.15, 0.2) is 0 Å². The van der Waals surface area contributed by atoms with E-state index in [1.807, 2.05) is 24.3 Å². The van der Waals surface area contributed by atoms with Crippen LogP contribution in [0.25, 0.3) is 0 Å². The summed E-state index contributed by atoms with van der Waals surface area (Å²) in [6.07, 6.45) is 1.10. The molecular weight excluding hydrogens is 262 g/mol. The van der Waals surface area contributed by atoms with Crippen LogP contribution in [0.3, 0.4) is 0 Å². The highest BCUT2D eigenvalue weighted by Gasteiger charge is 2.12. The van der Waals surface area contributed by atoms with Gasteiger partial charge < -0.3 is 10.6 Å². The molecule has 5 heteroatoms. The molecule has 19 heavy (non-hydrogen) atoms. The zero-order valence-electron chi connectivity index (χ0n) is 11.0. The van der Waals surface area contributed by atoms with E-state index in [0.717, 1.165) is 38.2 Å². The number of nitrogens with zero attached hydrogens (tertiary/aromatic N) is 1. The summed E-state index contributed by atoms with van der Waals surface area (Å²) in [4.78, 5) is 14.1. The van der Waals surface area contributed by atoms with Gasteiger partial charge >= 0.3 is 0 Å². The number of halogens is 1. The van der Waals surface area contributed by atoms with Crippen LogP contribution in [0.2, 0.25) is 5.02 Å². The summed E-state index contributed by atoms with van der Waals surface area (Å²) in [5.74, 6) is 0.0712. The van der Waals surface area contributed by atoms with Crippen LogP contribution in [-0.4, -0.2) is 43.5 Å². The maximum Gasteiger partial charge on any atom is 0.234 e. The fraction of sp³-hybridized carbons (Fsp3) is 0.500. The smallest absolute Gasteiger partial charge is 0.234 e. The van der Waals surface area contributed by atoms with Gasteiger partial charge in [-0.15, -0.1) is 0 Å². The first-order valence-corrected chi connectivity index (χ1v) is 7.06. The molecule has 0 aliphatic carbocycles. The average molecular weight is 282 g/mol. The fourth-order valence-electron chi connectivity index (χ4n) is 2.17. The minimum Gasteiger partial charge on any atom is -0.351 e. The fourth-order valence-corrected chi connectivity index (χ4v) is 2.38. The monoisotopic (exact) mass is 281 g/mol. The molecule has 0 aromatic heterocycles. The molecule has 2 rings (SSSR count). The van der Waals surface area contributed by atoms with Crippen LogP contribution in [-0.2, 0) is 11.3 Å².